The minimum Gasteiger partial charge on any atom is -0.489 e. The van der Waals surface area contributed by atoms with Gasteiger partial charge in [-0.1, -0.05) is 29.8 Å². The van der Waals surface area contributed by atoms with Crippen LogP contribution >= 0.6 is 0 Å². The van der Waals surface area contributed by atoms with Crippen molar-refractivity contribution in [2.45, 2.75) is 44.9 Å². The molecule has 4 N–H and O–H groups in total. The molecule has 1 fully saturated rings. The lowest BCUT2D eigenvalue weighted by Gasteiger charge is -2.32. The molecule has 0 saturated carbocycles. The van der Waals surface area contributed by atoms with Gasteiger partial charge in [0, 0.05) is 37.7 Å². The van der Waals surface area contributed by atoms with Gasteiger partial charge in [-0.2, -0.15) is 0 Å². The molecule has 0 radical (unpaired) electrons. The highest BCUT2D eigenvalue weighted by Gasteiger charge is 2.25. The molecule has 9 heteroatoms. The maximum atomic E-state index is 12.7. The topological polar surface area (TPSA) is 131 Å². The molecule has 190 valence electrons. The van der Waals surface area contributed by atoms with E-state index in [0.717, 1.165) is 5.56 Å². The highest BCUT2D eigenvalue weighted by Crippen LogP contribution is 2.28. The third kappa shape index (κ3) is 6.30. The molecule has 2 aromatic carbocycles. The van der Waals surface area contributed by atoms with Gasteiger partial charge < -0.3 is 30.2 Å². The maximum absolute atomic E-state index is 12.7. The average molecular weight is 493 g/mol. The number of benzene rings is 2. The van der Waals surface area contributed by atoms with Crippen LogP contribution in [0.3, 0.4) is 0 Å². The molecule has 2 heterocycles. The number of aromatic nitrogens is 2. The van der Waals surface area contributed by atoms with Gasteiger partial charge in [0.25, 0.3) is 5.91 Å². The molecule has 0 unspecified atom stereocenters. The number of likely N-dealkylation sites (tertiary alicyclic amines) is 1. The quantitative estimate of drug-likeness (QED) is 0.418. The summed E-state index contributed by atoms with van der Waals surface area (Å²) in [5, 5.41) is 18.6. The van der Waals surface area contributed by atoms with Crippen molar-refractivity contribution in [3.8, 4) is 17.0 Å². The summed E-state index contributed by atoms with van der Waals surface area (Å²) in [6, 6.07) is 13.2. The number of carbonyl (C=O) groups excluding carboxylic acids is 2. The summed E-state index contributed by atoms with van der Waals surface area (Å²) < 4.78 is 7.81. The average Bonchev–Trinajstić information content (AvgIpc) is 3.34. The zero-order chi connectivity index (χ0) is 25.7. The van der Waals surface area contributed by atoms with Gasteiger partial charge in [0.05, 0.1) is 43.3 Å². The first-order valence-corrected chi connectivity index (χ1v) is 12.1. The van der Waals surface area contributed by atoms with E-state index in [1.54, 1.807) is 35.3 Å². The van der Waals surface area contributed by atoms with Gasteiger partial charge in [-0.15, -0.1) is 0 Å². The van der Waals surface area contributed by atoms with Crippen molar-refractivity contribution in [2.24, 2.45) is 5.73 Å². The number of imidazole rings is 1. The molecule has 1 aliphatic heterocycles. The number of aliphatic hydroxyl groups is 2. The first-order chi connectivity index (χ1) is 17.3. The van der Waals surface area contributed by atoms with E-state index < -0.39 is 12.0 Å². The van der Waals surface area contributed by atoms with Crippen LogP contribution in [0.4, 0.5) is 0 Å². The number of nitrogens with zero attached hydrogens (tertiary/aromatic N) is 3. The number of aryl methyl sites for hydroxylation is 1. The van der Waals surface area contributed by atoms with Crippen molar-refractivity contribution >= 4 is 11.8 Å². The molecular formula is C27H32N4O5. The Bertz CT molecular complexity index is 1200. The second-order valence-corrected chi connectivity index (χ2v) is 9.23. The molecular weight excluding hydrogens is 460 g/mol. The zero-order valence-electron chi connectivity index (χ0n) is 20.3. The molecule has 0 spiro atoms. The lowest BCUT2D eigenvalue weighted by Crippen LogP contribution is -2.42. The normalized spacial score (nSPS) is 15.0. The minimum absolute atomic E-state index is 0.102. The second-order valence-electron chi connectivity index (χ2n) is 9.23. The summed E-state index contributed by atoms with van der Waals surface area (Å²) in [5.74, 6) is -0.0936. The predicted octanol–water partition coefficient (Wildman–Crippen LogP) is 1.92. The standard InChI is InChI=1S/C27H32N4O5/c1-18-2-4-19(5-3-18)12-26(34)31-10-8-22(9-11-31)36-25-7-6-20(13-23(25)27(28)35)24-15-30(17-29-24)14-21(33)16-32/h2-7,13,15,17,21-22,32-33H,8-12,14,16H2,1H3,(H2,28,35)/t21-/m0/s1. The lowest BCUT2D eigenvalue weighted by molar-refractivity contribution is -0.132. The fraction of sp³-hybridized carbons (Fsp3) is 0.370. The van der Waals surface area contributed by atoms with Crippen LogP contribution in [0.5, 0.6) is 5.75 Å². The van der Waals surface area contributed by atoms with E-state index in [-0.39, 0.29) is 30.7 Å². The van der Waals surface area contributed by atoms with Gasteiger partial charge in [-0.3, -0.25) is 9.59 Å². The summed E-state index contributed by atoms with van der Waals surface area (Å²) in [6.07, 6.45) is 3.98. The molecule has 36 heavy (non-hydrogen) atoms. The fourth-order valence-electron chi connectivity index (χ4n) is 4.29. The Morgan fingerprint density at radius 2 is 1.89 bits per heavy atom. The molecule has 2 amide bonds. The van der Waals surface area contributed by atoms with Crippen molar-refractivity contribution in [1.82, 2.24) is 14.5 Å². The molecule has 1 saturated heterocycles. The van der Waals surface area contributed by atoms with E-state index in [2.05, 4.69) is 4.98 Å². The van der Waals surface area contributed by atoms with Crippen LogP contribution in [0.2, 0.25) is 0 Å². The Labute approximate surface area is 210 Å². The molecule has 4 rings (SSSR count). The van der Waals surface area contributed by atoms with E-state index in [9.17, 15) is 14.7 Å². The van der Waals surface area contributed by atoms with Crippen molar-refractivity contribution < 1.29 is 24.5 Å². The molecule has 3 aromatic rings. The fourth-order valence-corrected chi connectivity index (χ4v) is 4.29. The van der Waals surface area contributed by atoms with Gasteiger partial charge in [-0.05, 0) is 30.7 Å². The Hall–Kier alpha value is -3.69. The second kappa shape index (κ2) is 11.4. The maximum Gasteiger partial charge on any atom is 0.252 e. The summed E-state index contributed by atoms with van der Waals surface area (Å²) in [5.41, 5.74) is 9.36. The van der Waals surface area contributed by atoms with Crippen molar-refractivity contribution in [1.29, 1.82) is 0 Å². The summed E-state index contributed by atoms with van der Waals surface area (Å²) in [7, 11) is 0. The van der Waals surface area contributed by atoms with Gasteiger partial charge in [0.15, 0.2) is 0 Å². The summed E-state index contributed by atoms with van der Waals surface area (Å²) in [4.78, 5) is 31.1. The number of hydrogen-bond acceptors (Lipinski definition) is 6. The van der Waals surface area contributed by atoms with Crippen molar-refractivity contribution in [2.75, 3.05) is 19.7 Å². The smallest absolute Gasteiger partial charge is 0.252 e. The van der Waals surface area contributed by atoms with E-state index in [0.29, 0.717) is 49.4 Å². The number of piperidine rings is 1. The first-order valence-electron chi connectivity index (χ1n) is 12.1. The number of nitrogens with two attached hydrogens (primary N) is 1. The molecule has 0 bridgehead atoms. The van der Waals surface area contributed by atoms with Gasteiger partial charge in [-0.25, -0.2) is 4.98 Å². The van der Waals surface area contributed by atoms with Gasteiger partial charge in [0.2, 0.25) is 5.91 Å². The van der Waals surface area contributed by atoms with Crippen LogP contribution in [0.1, 0.15) is 34.3 Å². The third-order valence-electron chi connectivity index (χ3n) is 6.37. The van der Waals surface area contributed by atoms with E-state index in [4.69, 9.17) is 15.6 Å². The van der Waals surface area contributed by atoms with Crippen LogP contribution in [0.25, 0.3) is 11.3 Å². The van der Waals surface area contributed by atoms with Crippen LogP contribution in [0.15, 0.2) is 55.0 Å². The Balaban J connectivity index is 1.37. The summed E-state index contributed by atoms with van der Waals surface area (Å²) >= 11 is 0. The number of hydrogen-bond donors (Lipinski definition) is 3. The molecule has 1 aliphatic rings. The van der Waals surface area contributed by atoms with Crippen LogP contribution < -0.4 is 10.5 Å². The number of rotatable bonds is 9. The Morgan fingerprint density at radius 3 is 2.56 bits per heavy atom. The van der Waals surface area contributed by atoms with Crippen LogP contribution in [-0.4, -0.2) is 68.4 Å². The summed E-state index contributed by atoms with van der Waals surface area (Å²) in [6.45, 7) is 3.08. The molecule has 1 atom stereocenters. The van der Waals surface area contributed by atoms with Crippen molar-refractivity contribution in [3.05, 3.63) is 71.7 Å². The number of amides is 2. The Kier molecular flexibility index (Phi) is 8.02. The van der Waals surface area contributed by atoms with Gasteiger partial charge >= 0.3 is 0 Å². The third-order valence-corrected chi connectivity index (χ3v) is 6.37. The molecule has 9 nitrogen and oxygen atoms in total. The highest BCUT2D eigenvalue weighted by atomic mass is 16.5. The number of aliphatic hydroxyl groups excluding tert-OH is 2. The SMILES string of the molecule is Cc1ccc(CC(=O)N2CCC(Oc3ccc(-c4cn(C[C@H](O)CO)cn4)cc3C(N)=O)CC2)cc1. The molecule has 0 aliphatic carbocycles. The van der Waals surface area contributed by atoms with E-state index in [1.165, 1.54) is 5.56 Å². The number of carbonyl (C=O) groups is 2. The highest BCUT2D eigenvalue weighted by molar-refractivity contribution is 5.97. The predicted molar refractivity (Wildman–Crippen MR) is 134 cm³/mol. The molecule has 1 aromatic heterocycles. The minimum atomic E-state index is -0.881. The monoisotopic (exact) mass is 492 g/mol. The van der Waals surface area contributed by atoms with Crippen LogP contribution in [-0.2, 0) is 17.8 Å². The Morgan fingerprint density at radius 1 is 1.17 bits per heavy atom. The van der Waals surface area contributed by atoms with Crippen LogP contribution in [0, 0.1) is 6.92 Å². The number of ether oxygens (including phenoxy) is 1. The lowest BCUT2D eigenvalue weighted by atomic mass is 10.0. The van der Waals surface area contributed by atoms with E-state index in [1.807, 2.05) is 36.1 Å². The largest absolute Gasteiger partial charge is 0.489 e. The number of primary amides is 1. The van der Waals surface area contributed by atoms with Gasteiger partial charge in [0.1, 0.15) is 11.9 Å². The van der Waals surface area contributed by atoms with E-state index >= 15 is 0 Å². The van der Waals surface area contributed by atoms with Crippen molar-refractivity contribution in [3.63, 3.8) is 0 Å². The first kappa shape index (κ1) is 25.4. The zero-order valence-corrected chi connectivity index (χ0v) is 20.3.